The average molecular weight is 413 g/mol. The topological polar surface area (TPSA) is 66.9 Å². The fourth-order valence-electron chi connectivity index (χ4n) is 3.09. The number of amides is 1. The number of halogens is 1. The predicted molar refractivity (Wildman–Crippen MR) is 113 cm³/mol. The van der Waals surface area contributed by atoms with Crippen LogP contribution < -0.4 is 10.6 Å². The highest BCUT2D eigenvalue weighted by Gasteiger charge is 2.32. The van der Waals surface area contributed by atoms with Crippen LogP contribution in [0.1, 0.15) is 44.8 Å². The molecular formula is C21H21ClN4OS. The summed E-state index contributed by atoms with van der Waals surface area (Å²) in [7, 11) is 0. The van der Waals surface area contributed by atoms with Gasteiger partial charge in [-0.25, -0.2) is 0 Å². The smallest absolute Gasteiger partial charge is 0.286 e. The second-order valence-corrected chi connectivity index (χ2v) is 8.57. The first-order valence-corrected chi connectivity index (χ1v) is 10.5. The van der Waals surface area contributed by atoms with E-state index >= 15 is 0 Å². The van der Waals surface area contributed by atoms with Gasteiger partial charge in [-0.15, -0.1) is 10.2 Å². The Hall–Kier alpha value is -2.28. The van der Waals surface area contributed by atoms with E-state index in [1.165, 1.54) is 29.7 Å². The number of anilines is 1. The number of aromatic nitrogens is 2. The molecule has 1 atom stereocenters. The molecule has 1 aromatic heterocycles. The van der Waals surface area contributed by atoms with E-state index in [0.717, 1.165) is 21.3 Å². The molecule has 0 aliphatic heterocycles. The van der Waals surface area contributed by atoms with Crippen LogP contribution in [-0.4, -0.2) is 16.1 Å². The molecule has 1 fully saturated rings. The first-order chi connectivity index (χ1) is 13.6. The van der Waals surface area contributed by atoms with Crippen LogP contribution in [0.3, 0.4) is 0 Å². The Bertz CT molecular complexity index is 951. The van der Waals surface area contributed by atoms with Crippen molar-refractivity contribution < 1.29 is 4.79 Å². The molecular weight excluding hydrogens is 392 g/mol. The van der Waals surface area contributed by atoms with Crippen LogP contribution in [0.15, 0.2) is 48.5 Å². The molecule has 1 unspecified atom stereocenters. The van der Waals surface area contributed by atoms with E-state index in [1.807, 2.05) is 43.3 Å². The molecule has 0 saturated heterocycles. The average Bonchev–Trinajstić information content (AvgIpc) is 3.42. The molecule has 5 nitrogen and oxygen atoms in total. The van der Waals surface area contributed by atoms with Crippen molar-refractivity contribution in [1.82, 2.24) is 15.5 Å². The molecule has 2 aromatic carbocycles. The van der Waals surface area contributed by atoms with Crippen LogP contribution in [0.2, 0.25) is 5.02 Å². The van der Waals surface area contributed by atoms with Gasteiger partial charge in [0.2, 0.25) is 5.01 Å². The molecule has 28 heavy (non-hydrogen) atoms. The number of rotatable bonds is 7. The number of benzene rings is 2. The van der Waals surface area contributed by atoms with Gasteiger partial charge >= 0.3 is 0 Å². The fraction of sp³-hybridized carbons (Fsp3) is 0.286. The number of carbonyl (C=O) groups is 1. The van der Waals surface area contributed by atoms with E-state index in [1.54, 1.807) is 0 Å². The number of nitrogens with one attached hydrogen (secondary N) is 2. The predicted octanol–water partition coefficient (Wildman–Crippen LogP) is 4.99. The maximum Gasteiger partial charge on any atom is 0.286 e. The highest BCUT2D eigenvalue weighted by molar-refractivity contribution is 7.13. The van der Waals surface area contributed by atoms with Crippen LogP contribution in [0.25, 0.3) is 0 Å². The monoisotopic (exact) mass is 412 g/mol. The minimum atomic E-state index is -0.232. The van der Waals surface area contributed by atoms with E-state index in [4.69, 9.17) is 11.6 Å². The zero-order chi connectivity index (χ0) is 19.5. The zero-order valence-electron chi connectivity index (χ0n) is 15.5. The van der Waals surface area contributed by atoms with Gasteiger partial charge in [0.1, 0.15) is 5.01 Å². The van der Waals surface area contributed by atoms with Crippen molar-refractivity contribution >= 4 is 34.5 Å². The quantitative estimate of drug-likeness (QED) is 0.573. The van der Waals surface area contributed by atoms with Crippen molar-refractivity contribution in [3.05, 3.63) is 74.7 Å². The summed E-state index contributed by atoms with van der Waals surface area (Å²) in [6, 6.07) is 15.9. The molecule has 1 heterocycles. The van der Waals surface area contributed by atoms with Crippen molar-refractivity contribution in [2.24, 2.45) is 5.92 Å². The lowest BCUT2D eigenvalue weighted by Crippen LogP contribution is -2.22. The van der Waals surface area contributed by atoms with E-state index in [0.29, 0.717) is 17.5 Å². The molecule has 3 aromatic rings. The number of hydrogen-bond donors (Lipinski definition) is 2. The van der Waals surface area contributed by atoms with Crippen molar-refractivity contribution in [2.75, 3.05) is 5.32 Å². The van der Waals surface area contributed by atoms with Crippen LogP contribution in [0, 0.1) is 12.8 Å². The van der Waals surface area contributed by atoms with Crippen LogP contribution in [-0.2, 0) is 6.54 Å². The Morgan fingerprint density at radius 1 is 1.14 bits per heavy atom. The second kappa shape index (κ2) is 8.39. The SMILES string of the molecule is Cc1ccc(NC(=O)c2nnc(CNC(c3ccc(Cl)cc3)C3CC3)s2)cc1. The van der Waals surface area contributed by atoms with Crippen molar-refractivity contribution in [3.63, 3.8) is 0 Å². The summed E-state index contributed by atoms with van der Waals surface area (Å²) >= 11 is 7.32. The molecule has 144 valence electrons. The lowest BCUT2D eigenvalue weighted by Gasteiger charge is -2.18. The zero-order valence-corrected chi connectivity index (χ0v) is 17.1. The van der Waals surface area contributed by atoms with Crippen molar-refractivity contribution in [2.45, 2.75) is 32.4 Å². The Morgan fingerprint density at radius 2 is 1.86 bits per heavy atom. The first kappa shape index (κ1) is 19.1. The van der Waals surface area contributed by atoms with Crippen molar-refractivity contribution in [1.29, 1.82) is 0 Å². The molecule has 1 aliphatic carbocycles. The fourth-order valence-corrected chi connectivity index (χ4v) is 3.90. The highest BCUT2D eigenvalue weighted by atomic mass is 35.5. The van der Waals surface area contributed by atoms with Gasteiger partial charge in [-0.2, -0.15) is 0 Å². The summed E-state index contributed by atoms with van der Waals surface area (Å²) in [4.78, 5) is 12.4. The number of carbonyl (C=O) groups excluding carboxylic acids is 1. The molecule has 0 spiro atoms. The normalized spacial score (nSPS) is 14.6. The minimum Gasteiger partial charge on any atom is -0.320 e. The van der Waals surface area contributed by atoms with E-state index in [-0.39, 0.29) is 11.9 Å². The molecule has 1 aliphatic rings. The summed E-state index contributed by atoms with van der Waals surface area (Å²) in [6.45, 7) is 2.59. The van der Waals surface area contributed by atoms with Gasteiger partial charge in [0.25, 0.3) is 5.91 Å². The van der Waals surface area contributed by atoms with Gasteiger partial charge in [0, 0.05) is 16.8 Å². The number of nitrogens with zero attached hydrogens (tertiary/aromatic N) is 2. The summed E-state index contributed by atoms with van der Waals surface area (Å²) in [5.41, 5.74) is 3.13. The van der Waals surface area contributed by atoms with Crippen LogP contribution in [0.4, 0.5) is 5.69 Å². The Balaban J connectivity index is 1.37. The maximum atomic E-state index is 12.4. The maximum absolute atomic E-state index is 12.4. The summed E-state index contributed by atoms with van der Waals surface area (Å²) in [6.07, 6.45) is 2.45. The van der Waals surface area contributed by atoms with Crippen LogP contribution >= 0.6 is 22.9 Å². The minimum absolute atomic E-state index is 0.232. The van der Waals surface area contributed by atoms with Crippen molar-refractivity contribution in [3.8, 4) is 0 Å². The van der Waals surface area contributed by atoms with E-state index in [2.05, 4.69) is 33.0 Å². The Morgan fingerprint density at radius 3 is 2.54 bits per heavy atom. The summed E-state index contributed by atoms with van der Waals surface area (Å²) in [5.74, 6) is 0.405. The Labute approximate surface area is 173 Å². The molecule has 1 saturated carbocycles. The lowest BCUT2D eigenvalue weighted by atomic mass is 10.0. The Kier molecular flexibility index (Phi) is 5.71. The molecule has 1 amide bonds. The van der Waals surface area contributed by atoms with Gasteiger partial charge in [-0.3, -0.25) is 4.79 Å². The van der Waals surface area contributed by atoms with Gasteiger partial charge in [0.05, 0.1) is 6.54 Å². The molecule has 7 heteroatoms. The molecule has 4 rings (SSSR count). The van der Waals surface area contributed by atoms with Gasteiger partial charge < -0.3 is 10.6 Å². The number of aryl methyl sites for hydroxylation is 1. The van der Waals surface area contributed by atoms with E-state index < -0.39 is 0 Å². The first-order valence-electron chi connectivity index (χ1n) is 9.28. The third kappa shape index (κ3) is 4.76. The summed E-state index contributed by atoms with van der Waals surface area (Å²) < 4.78 is 0. The standard InChI is InChI=1S/C21H21ClN4OS/c1-13-2-10-17(11-3-13)24-20(27)21-26-25-18(28-21)12-23-19(14-4-5-14)15-6-8-16(22)9-7-15/h2-3,6-11,14,19,23H,4-5,12H2,1H3,(H,24,27). The van der Waals surface area contributed by atoms with E-state index in [9.17, 15) is 4.79 Å². The second-order valence-electron chi connectivity index (χ2n) is 7.07. The molecule has 0 bridgehead atoms. The van der Waals surface area contributed by atoms with Crippen LogP contribution in [0.5, 0.6) is 0 Å². The third-order valence-electron chi connectivity index (χ3n) is 4.77. The summed E-state index contributed by atoms with van der Waals surface area (Å²) in [5, 5.41) is 16.6. The molecule has 2 N–H and O–H groups in total. The number of hydrogen-bond acceptors (Lipinski definition) is 5. The highest BCUT2D eigenvalue weighted by Crippen LogP contribution is 2.41. The van der Waals surface area contributed by atoms with Gasteiger partial charge in [-0.05, 0) is 55.5 Å². The van der Waals surface area contributed by atoms with Gasteiger partial charge in [-0.1, -0.05) is 52.8 Å². The molecule has 0 radical (unpaired) electrons. The third-order valence-corrected chi connectivity index (χ3v) is 5.94. The lowest BCUT2D eigenvalue weighted by molar-refractivity contribution is 0.102. The van der Waals surface area contributed by atoms with Gasteiger partial charge in [0.15, 0.2) is 0 Å². The largest absolute Gasteiger partial charge is 0.320 e.